The molecule has 4 heteroatoms. The molecule has 0 spiro atoms. The van der Waals surface area contributed by atoms with Crippen molar-refractivity contribution >= 4 is 5.91 Å². The Labute approximate surface area is 89.0 Å². The minimum absolute atomic E-state index is 0.106. The Morgan fingerprint density at radius 1 is 1.33 bits per heavy atom. The summed E-state index contributed by atoms with van der Waals surface area (Å²) in [5.74, 6) is 4.92. The number of carbonyl (C=O) groups is 1. The fourth-order valence-corrected chi connectivity index (χ4v) is 1.89. The Bertz CT molecular complexity index is 340. The van der Waals surface area contributed by atoms with Crippen LogP contribution in [0, 0.1) is 0 Å². The van der Waals surface area contributed by atoms with Crippen LogP contribution in [0.15, 0.2) is 24.3 Å². The van der Waals surface area contributed by atoms with Gasteiger partial charge in [0.15, 0.2) is 0 Å². The summed E-state index contributed by atoms with van der Waals surface area (Å²) < 4.78 is 0. The standard InChI is InChI=1S/C11H15N3O/c12-13-11(15)5-6-14-7-9-3-1-2-4-10(9)8-14/h1-4H,5-8,12H2,(H,13,15). The molecule has 0 atom stereocenters. The summed E-state index contributed by atoms with van der Waals surface area (Å²) in [5.41, 5.74) is 4.88. The zero-order chi connectivity index (χ0) is 10.7. The van der Waals surface area contributed by atoms with Gasteiger partial charge in [0.25, 0.3) is 0 Å². The second-order valence-corrected chi connectivity index (χ2v) is 3.80. The number of nitrogens with zero attached hydrogens (tertiary/aromatic N) is 1. The molecule has 3 N–H and O–H groups in total. The monoisotopic (exact) mass is 205 g/mol. The van der Waals surface area contributed by atoms with Crippen LogP contribution < -0.4 is 11.3 Å². The highest BCUT2D eigenvalue weighted by Gasteiger charge is 2.18. The third-order valence-electron chi connectivity index (χ3n) is 2.72. The van der Waals surface area contributed by atoms with Gasteiger partial charge in [-0.05, 0) is 11.1 Å². The van der Waals surface area contributed by atoms with Gasteiger partial charge in [-0.2, -0.15) is 0 Å². The number of hydrogen-bond donors (Lipinski definition) is 2. The zero-order valence-electron chi connectivity index (χ0n) is 8.57. The van der Waals surface area contributed by atoms with E-state index in [-0.39, 0.29) is 5.91 Å². The fourth-order valence-electron chi connectivity index (χ4n) is 1.89. The number of hydrogen-bond acceptors (Lipinski definition) is 3. The summed E-state index contributed by atoms with van der Waals surface area (Å²) >= 11 is 0. The Balaban J connectivity index is 1.88. The van der Waals surface area contributed by atoms with Crippen molar-refractivity contribution in [1.82, 2.24) is 10.3 Å². The molecule has 0 bridgehead atoms. The number of benzene rings is 1. The number of hydrazine groups is 1. The summed E-state index contributed by atoms with van der Waals surface area (Å²) in [5, 5.41) is 0. The lowest BCUT2D eigenvalue weighted by molar-refractivity contribution is -0.121. The third kappa shape index (κ3) is 2.34. The van der Waals surface area contributed by atoms with Crippen molar-refractivity contribution in [2.45, 2.75) is 19.5 Å². The van der Waals surface area contributed by atoms with E-state index in [0.29, 0.717) is 6.42 Å². The maximum atomic E-state index is 11.0. The van der Waals surface area contributed by atoms with Gasteiger partial charge in [0.05, 0.1) is 0 Å². The predicted octanol–water partition coefficient (Wildman–Crippen LogP) is 0.382. The van der Waals surface area contributed by atoms with Crippen LogP contribution in [-0.2, 0) is 17.9 Å². The van der Waals surface area contributed by atoms with Crippen molar-refractivity contribution in [2.75, 3.05) is 6.54 Å². The molecule has 1 aromatic carbocycles. The van der Waals surface area contributed by atoms with Crippen molar-refractivity contribution in [3.05, 3.63) is 35.4 Å². The second-order valence-electron chi connectivity index (χ2n) is 3.80. The summed E-state index contributed by atoms with van der Waals surface area (Å²) in [6.07, 6.45) is 0.463. The Morgan fingerprint density at radius 3 is 2.47 bits per heavy atom. The molecule has 1 heterocycles. The van der Waals surface area contributed by atoms with Gasteiger partial charge in [-0.25, -0.2) is 5.84 Å². The van der Waals surface area contributed by atoms with Crippen LogP contribution >= 0.6 is 0 Å². The number of amides is 1. The molecule has 1 aliphatic heterocycles. The number of nitrogens with one attached hydrogen (secondary N) is 1. The normalized spacial score (nSPS) is 15.0. The molecular formula is C11H15N3O. The number of carbonyl (C=O) groups excluding carboxylic acids is 1. The minimum atomic E-state index is -0.106. The third-order valence-corrected chi connectivity index (χ3v) is 2.72. The number of nitrogens with two attached hydrogens (primary N) is 1. The first-order chi connectivity index (χ1) is 7.29. The lowest BCUT2D eigenvalue weighted by atomic mass is 10.1. The van der Waals surface area contributed by atoms with Gasteiger partial charge in [0, 0.05) is 26.1 Å². The molecule has 0 saturated heterocycles. The first-order valence-corrected chi connectivity index (χ1v) is 5.08. The van der Waals surface area contributed by atoms with Crippen LogP contribution in [0.5, 0.6) is 0 Å². The Kier molecular flexibility index (Phi) is 2.99. The van der Waals surface area contributed by atoms with E-state index in [1.807, 2.05) is 0 Å². The second kappa shape index (κ2) is 4.42. The molecular weight excluding hydrogens is 190 g/mol. The van der Waals surface area contributed by atoms with Crippen LogP contribution in [0.2, 0.25) is 0 Å². The lowest BCUT2D eigenvalue weighted by Gasteiger charge is -2.13. The molecule has 0 fully saturated rings. The summed E-state index contributed by atoms with van der Waals surface area (Å²) in [4.78, 5) is 13.2. The summed E-state index contributed by atoms with van der Waals surface area (Å²) in [6.45, 7) is 2.64. The van der Waals surface area contributed by atoms with Crippen molar-refractivity contribution in [1.29, 1.82) is 0 Å². The van der Waals surface area contributed by atoms with Gasteiger partial charge < -0.3 is 0 Å². The summed E-state index contributed by atoms with van der Waals surface area (Å²) in [7, 11) is 0. The highest BCUT2D eigenvalue weighted by atomic mass is 16.2. The van der Waals surface area contributed by atoms with Crippen LogP contribution in [0.25, 0.3) is 0 Å². The van der Waals surface area contributed by atoms with E-state index in [1.165, 1.54) is 11.1 Å². The molecule has 4 nitrogen and oxygen atoms in total. The van der Waals surface area contributed by atoms with Crippen LogP contribution in [0.4, 0.5) is 0 Å². The number of rotatable bonds is 3. The van der Waals surface area contributed by atoms with Gasteiger partial charge in [-0.1, -0.05) is 24.3 Å². The fraction of sp³-hybridized carbons (Fsp3) is 0.364. The molecule has 1 aromatic rings. The van der Waals surface area contributed by atoms with Crippen molar-refractivity contribution in [3.63, 3.8) is 0 Å². The van der Waals surface area contributed by atoms with Gasteiger partial charge in [0.1, 0.15) is 0 Å². The molecule has 80 valence electrons. The first kappa shape index (κ1) is 10.1. The predicted molar refractivity (Wildman–Crippen MR) is 57.5 cm³/mol. The highest BCUT2D eigenvalue weighted by molar-refractivity contribution is 5.75. The maximum Gasteiger partial charge on any atom is 0.235 e. The van der Waals surface area contributed by atoms with Gasteiger partial charge >= 0.3 is 0 Å². The Morgan fingerprint density at radius 2 is 1.93 bits per heavy atom. The quantitative estimate of drug-likeness (QED) is 0.426. The van der Waals surface area contributed by atoms with Crippen LogP contribution in [0.1, 0.15) is 17.5 Å². The average Bonchev–Trinajstić information content (AvgIpc) is 2.68. The van der Waals surface area contributed by atoms with E-state index in [2.05, 4.69) is 34.6 Å². The molecule has 0 unspecified atom stereocenters. The molecule has 1 aliphatic rings. The largest absolute Gasteiger partial charge is 0.294 e. The van der Waals surface area contributed by atoms with Crippen molar-refractivity contribution < 1.29 is 4.79 Å². The van der Waals surface area contributed by atoms with E-state index in [1.54, 1.807) is 0 Å². The van der Waals surface area contributed by atoms with E-state index < -0.39 is 0 Å². The van der Waals surface area contributed by atoms with Gasteiger partial charge in [-0.3, -0.25) is 15.1 Å². The number of fused-ring (bicyclic) bond motifs is 1. The smallest absolute Gasteiger partial charge is 0.235 e. The van der Waals surface area contributed by atoms with Crippen LogP contribution in [0.3, 0.4) is 0 Å². The molecule has 0 saturated carbocycles. The average molecular weight is 205 g/mol. The van der Waals surface area contributed by atoms with Gasteiger partial charge in [0.2, 0.25) is 5.91 Å². The van der Waals surface area contributed by atoms with E-state index in [9.17, 15) is 4.79 Å². The Hall–Kier alpha value is -1.39. The van der Waals surface area contributed by atoms with E-state index in [0.717, 1.165) is 19.6 Å². The highest BCUT2D eigenvalue weighted by Crippen LogP contribution is 2.21. The van der Waals surface area contributed by atoms with Crippen LogP contribution in [-0.4, -0.2) is 17.4 Å². The molecule has 15 heavy (non-hydrogen) atoms. The van der Waals surface area contributed by atoms with E-state index >= 15 is 0 Å². The zero-order valence-corrected chi connectivity index (χ0v) is 8.57. The minimum Gasteiger partial charge on any atom is -0.294 e. The molecule has 0 aromatic heterocycles. The SMILES string of the molecule is NNC(=O)CCN1Cc2ccccc2C1. The topological polar surface area (TPSA) is 58.4 Å². The summed E-state index contributed by atoms with van der Waals surface area (Å²) in [6, 6.07) is 8.38. The van der Waals surface area contributed by atoms with Crippen molar-refractivity contribution in [2.24, 2.45) is 5.84 Å². The molecule has 2 rings (SSSR count). The van der Waals surface area contributed by atoms with E-state index in [4.69, 9.17) is 5.84 Å². The molecule has 0 radical (unpaired) electrons. The molecule has 1 amide bonds. The lowest BCUT2D eigenvalue weighted by Crippen LogP contribution is -2.32. The maximum absolute atomic E-state index is 11.0. The van der Waals surface area contributed by atoms with Gasteiger partial charge in [-0.15, -0.1) is 0 Å². The molecule has 0 aliphatic carbocycles. The van der Waals surface area contributed by atoms with Crippen molar-refractivity contribution in [3.8, 4) is 0 Å². The first-order valence-electron chi connectivity index (χ1n) is 5.08.